The Morgan fingerprint density at radius 3 is 1.86 bits per heavy atom. The number of hydrogen-bond acceptors (Lipinski definition) is 1. The first-order chi connectivity index (χ1) is 3.22. The topological polar surface area (TPSA) is 17.1 Å². The van der Waals surface area contributed by atoms with Gasteiger partial charge in [-0.3, -0.25) is 4.79 Å². The van der Waals surface area contributed by atoms with Crippen LogP contribution in [0, 0.1) is 11.8 Å². The number of ketones is 1. The molecule has 0 bridgehead atoms. The predicted molar refractivity (Wildman–Crippen MR) is 28.0 cm³/mol. The Morgan fingerprint density at radius 1 is 1.43 bits per heavy atom. The molecule has 0 heterocycles. The Hall–Kier alpha value is -0.330. The Balaban J connectivity index is 2.44. The second-order valence-electron chi connectivity index (χ2n) is 2.44. The van der Waals surface area contributed by atoms with E-state index in [1.165, 1.54) is 0 Å². The highest BCUT2D eigenvalue weighted by Crippen LogP contribution is 2.27. The lowest BCUT2D eigenvalue weighted by molar-refractivity contribution is -0.133. The first kappa shape index (κ1) is 4.82. The normalized spacial score (nSPS) is 40.6. The van der Waals surface area contributed by atoms with E-state index in [2.05, 4.69) is 0 Å². The Morgan fingerprint density at radius 2 is 1.86 bits per heavy atom. The maximum absolute atomic E-state index is 10.6. The summed E-state index contributed by atoms with van der Waals surface area (Å²) in [7, 11) is 0. The molecule has 0 N–H and O–H groups in total. The van der Waals surface area contributed by atoms with Crippen molar-refractivity contribution in [2.24, 2.45) is 11.8 Å². The summed E-state index contributed by atoms with van der Waals surface area (Å²) in [4.78, 5) is 10.6. The van der Waals surface area contributed by atoms with Crippen LogP contribution in [0.25, 0.3) is 0 Å². The van der Waals surface area contributed by atoms with Crippen molar-refractivity contribution < 1.29 is 4.79 Å². The molecular weight excluding hydrogens is 88.1 g/mol. The Bertz CT molecular complexity index is 86.4. The highest BCUT2D eigenvalue weighted by molar-refractivity contribution is 5.88. The van der Waals surface area contributed by atoms with Gasteiger partial charge in [-0.25, -0.2) is 0 Å². The molecule has 0 amide bonds. The summed E-state index contributed by atoms with van der Waals surface area (Å²) in [6, 6.07) is 0. The van der Waals surface area contributed by atoms with Crippen LogP contribution in [0.3, 0.4) is 0 Å². The number of Topliss-reactive ketones (excluding diaryl/α,β-unsaturated/α-hetero) is 1. The summed E-state index contributed by atoms with van der Waals surface area (Å²) in [5, 5.41) is 0. The minimum atomic E-state index is 0.370. The van der Waals surface area contributed by atoms with Crippen molar-refractivity contribution in [1.82, 2.24) is 0 Å². The van der Waals surface area contributed by atoms with Crippen LogP contribution in [0.4, 0.5) is 0 Å². The number of carbonyl (C=O) groups excluding carboxylic acids is 1. The smallest absolute Gasteiger partial charge is 0.138 e. The molecule has 1 unspecified atom stereocenters. The maximum atomic E-state index is 10.6. The molecule has 1 aliphatic carbocycles. The van der Waals surface area contributed by atoms with Gasteiger partial charge in [-0.15, -0.1) is 0 Å². The van der Waals surface area contributed by atoms with E-state index >= 15 is 0 Å². The van der Waals surface area contributed by atoms with Crippen LogP contribution in [-0.4, -0.2) is 5.78 Å². The molecule has 7 heavy (non-hydrogen) atoms. The van der Waals surface area contributed by atoms with Gasteiger partial charge in [-0.1, -0.05) is 13.8 Å². The molecule has 1 rings (SSSR count). The fraction of sp³-hybridized carbons (Fsp3) is 0.833. The van der Waals surface area contributed by atoms with Gasteiger partial charge in [0.05, 0.1) is 0 Å². The molecule has 0 aliphatic heterocycles. The number of carbonyl (C=O) groups is 1. The minimum absolute atomic E-state index is 0.370. The first-order valence-electron chi connectivity index (χ1n) is 2.75. The van der Waals surface area contributed by atoms with Crippen molar-refractivity contribution in [3.8, 4) is 0 Å². The van der Waals surface area contributed by atoms with E-state index < -0.39 is 0 Å². The lowest BCUT2D eigenvalue weighted by Crippen LogP contribution is -2.32. The van der Waals surface area contributed by atoms with Gasteiger partial charge in [0.25, 0.3) is 0 Å². The molecule has 0 radical (unpaired) electrons. The molecule has 0 spiro atoms. The van der Waals surface area contributed by atoms with Crippen molar-refractivity contribution in [2.45, 2.75) is 20.3 Å². The summed E-state index contributed by atoms with van der Waals surface area (Å²) in [6.07, 6.45) is 1.11. The van der Waals surface area contributed by atoms with E-state index in [4.69, 9.17) is 0 Å². The van der Waals surface area contributed by atoms with Crippen molar-refractivity contribution in [3.63, 3.8) is 0 Å². The van der Waals surface area contributed by atoms with Crippen molar-refractivity contribution >= 4 is 5.78 Å². The van der Waals surface area contributed by atoms with Crippen LogP contribution < -0.4 is 0 Å². The van der Waals surface area contributed by atoms with Crippen LogP contribution in [0.1, 0.15) is 20.3 Å². The third kappa shape index (κ3) is 0.561. The van der Waals surface area contributed by atoms with Gasteiger partial charge >= 0.3 is 0 Å². The quantitative estimate of drug-likeness (QED) is 0.445. The van der Waals surface area contributed by atoms with E-state index in [1.54, 1.807) is 0 Å². The van der Waals surface area contributed by atoms with Crippen molar-refractivity contribution in [3.05, 3.63) is 0 Å². The average molecular weight is 98.1 g/mol. The summed E-state index contributed by atoms with van der Waals surface area (Å²) >= 11 is 0. The molecule has 2 atom stereocenters. The first-order valence-corrected chi connectivity index (χ1v) is 2.75. The monoisotopic (exact) mass is 98.1 g/mol. The van der Waals surface area contributed by atoms with E-state index in [-0.39, 0.29) is 0 Å². The summed E-state index contributed by atoms with van der Waals surface area (Å²) < 4.78 is 0. The maximum Gasteiger partial charge on any atom is 0.138 e. The molecule has 1 aliphatic rings. The zero-order chi connectivity index (χ0) is 5.44. The summed E-state index contributed by atoms with van der Waals surface area (Å²) in [5.74, 6) is 1.19. The third-order valence-corrected chi connectivity index (χ3v) is 1.68. The molecule has 0 aromatic carbocycles. The van der Waals surface area contributed by atoms with Crippen LogP contribution in [0.15, 0.2) is 0 Å². The van der Waals surface area contributed by atoms with Gasteiger partial charge in [0.2, 0.25) is 0 Å². The molecule has 0 aromatic heterocycles. The molecule has 1 heteroatoms. The molecule has 0 aromatic rings. The van der Waals surface area contributed by atoms with Gasteiger partial charge in [0.15, 0.2) is 0 Å². The van der Waals surface area contributed by atoms with Crippen LogP contribution in [0.5, 0.6) is 0 Å². The summed E-state index contributed by atoms with van der Waals surface area (Å²) in [6.45, 7) is 3.98. The van der Waals surface area contributed by atoms with Crippen molar-refractivity contribution in [1.29, 1.82) is 0 Å². The zero-order valence-electron chi connectivity index (χ0n) is 4.77. The molecule has 40 valence electrons. The van der Waals surface area contributed by atoms with Crippen LogP contribution >= 0.6 is 0 Å². The van der Waals surface area contributed by atoms with E-state index in [9.17, 15) is 4.79 Å². The average Bonchev–Trinajstić information content (AvgIpc) is 1.68. The second-order valence-corrected chi connectivity index (χ2v) is 2.44. The molecule has 0 saturated heterocycles. The zero-order valence-corrected chi connectivity index (χ0v) is 4.77. The largest absolute Gasteiger partial charge is 0.299 e. The van der Waals surface area contributed by atoms with Gasteiger partial charge < -0.3 is 0 Å². The molecule has 1 fully saturated rings. The lowest BCUT2D eigenvalue weighted by Gasteiger charge is -2.26. The van der Waals surface area contributed by atoms with Gasteiger partial charge in [-0.2, -0.15) is 0 Å². The molecular formula is C6H10O. The van der Waals surface area contributed by atoms with E-state index in [0.29, 0.717) is 17.6 Å². The second kappa shape index (κ2) is 1.32. The Kier molecular flexibility index (Phi) is 0.911. The van der Waals surface area contributed by atoms with E-state index in [1.807, 2.05) is 13.8 Å². The fourth-order valence-electron chi connectivity index (χ4n) is 1.09. The van der Waals surface area contributed by atoms with Gasteiger partial charge in [0.1, 0.15) is 5.78 Å². The van der Waals surface area contributed by atoms with Crippen molar-refractivity contribution in [2.75, 3.05) is 0 Å². The van der Waals surface area contributed by atoms with Gasteiger partial charge in [-0.05, 0) is 6.42 Å². The van der Waals surface area contributed by atoms with Crippen LogP contribution in [-0.2, 0) is 4.79 Å². The number of rotatable bonds is 0. The third-order valence-electron chi connectivity index (χ3n) is 1.68. The van der Waals surface area contributed by atoms with Gasteiger partial charge in [0, 0.05) is 11.8 Å². The highest BCUT2D eigenvalue weighted by Gasteiger charge is 2.31. The minimum Gasteiger partial charge on any atom is -0.299 e. The lowest BCUT2D eigenvalue weighted by atomic mass is 9.76. The van der Waals surface area contributed by atoms with E-state index in [0.717, 1.165) is 6.42 Å². The standard InChI is InChI=1S/C6H10O/c1-4-3-5(2)6(4)7/h4-5H,3H2,1-2H3/t4-,5?/m1/s1. The Labute approximate surface area is 43.7 Å². The molecule has 1 saturated carbocycles. The SMILES string of the molecule is CC1C[C@@H](C)C1=O. The fourth-order valence-corrected chi connectivity index (χ4v) is 1.09. The number of hydrogen-bond donors (Lipinski definition) is 0. The predicted octanol–water partition coefficient (Wildman–Crippen LogP) is 1.23. The summed E-state index contributed by atoms with van der Waals surface area (Å²) in [5.41, 5.74) is 0. The molecule has 1 nitrogen and oxygen atoms in total. The highest BCUT2D eigenvalue weighted by atomic mass is 16.1. The van der Waals surface area contributed by atoms with Crippen LogP contribution in [0.2, 0.25) is 0 Å².